The summed E-state index contributed by atoms with van der Waals surface area (Å²) in [6, 6.07) is 3.91. The van der Waals surface area contributed by atoms with Crippen LogP contribution in [0.25, 0.3) is 0 Å². The molecule has 0 spiro atoms. The van der Waals surface area contributed by atoms with E-state index in [9.17, 15) is 0 Å². The lowest BCUT2D eigenvalue weighted by molar-refractivity contribution is 0.0146. The van der Waals surface area contributed by atoms with Crippen LogP contribution in [0.1, 0.15) is 12.5 Å². The first-order valence-electron chi connectivity index (χ1n) is 15.0. The van der Waals surface area contributed by atoms with Gasteiger partial charge in [-0.2, -0.15) is 0 Å². The van der Waals surface area contributed by atoms with Gasteiger partial charge in [0, 0.05) is 27.9 Å². The van der Waals surface area contributed by atoms with Gasteiger partial charge in [0.25, 0.3) is 0 Å². The van der Waals surface area contributed by atoms with Crippen LogP contribution in [-0.4, -0.2) is 147 Å². The second kappa shape index (κ2) is 30.3. The van der Waals surface area contributed by atoms with E-state index in [2.05, 4.69) is 12.2 Å². The molecule has 13 nitrogen and oxygen atoms in total. The molecule has 1 aromatic rings. The van der Waals surface area contributed by atoms with Crippen molar-refractivity contribution in [1.29, 1.82) is 0 Å². The van der Waals surface area contributed by atoms with Crippen LogP contribution in [0.5, 0.6) is 17.2 Å². The smallest absolute Gasteiger partial charge is 0.203 e. The third-order valence-electron chi connectivity index (χ3n) is 5.52. The molecule has 0 fully saturated rings. The van der Waals surface area contributed by atoms with Gasteiger partial charge in [-0.3, -0.25) is 0 Å². The van der Waals surface area contributed by atoms with E-state index in [1.54, 1.807) is 21.3 Å². The van der Waals surface area contributed by atoms with E-state index in [4.69, 9.17) is 56.8 Å². The summed E-state index contributed by atoms with van der Waals surface area (Å²) >= 11 is 0. The standard InChI is InChI=1S/C30H55NO12/c1-5-31-26-27-24-28(41-21-18-38-15-12-35-9-6-32-2)30(43-23-20-40-17-14-37-11-8-34-4)29(25-27)42-22-19-39-16-13-36-10-7-33-3/h24-25,31H,5-23,26H2,1-4H3. The molecular formula is C30H55NO12. The van der Waals surface area contributed by atoms with Crippen LogP contribution >= 0.6 is 0 Å². The molecule has 252 valence electrons. The highest BCUT2D eigenvalue weighted by Crippen LogP contribution is 2.39. The molecule has 0 heterocycles. The van der Waals surface area contributed by atoms with Gasteiger partial charge in [-0.05, 0) is 24.2 Å². The van der Waals surface area contributed by atoms with E-state index >= 15 is 0 Å². The lowest BCUT2D eigenvalue weighted by Gasteiger charge is -2.19. The van der Waals surface area contributed by atoms with Crippen molar-refractivity contribution in [1.82, 2.24) is 5.32 Å². The van der Waals surface area contributed by atoms with Gasteiger partial charge in [0.1, 0.15) is 19.8 Å². The summed E-state index contributed by atoms with van der Waals surface area (Å²) in [6.07, 6.45) is 0. The van der Waals surface area contributed by atoms with Gasteiger partial charge in [-0.15, -0.1) is 0 Å². The Kier molecular flexibility index (Phi) is 27.6. The predicted molar refractivity (Wildman–Crippen MR) is 161 cm³/mol. The molecule has 0 radical (unpaired) electrons. The summed E-state index contributed by atoms with van der Waals surface area (Å²) in [5.74, 6) is 1.65. The van der Waals surface area contributed by atoms with Crippen molar-refractivity contribution in [3.8, 4) is 17.2 Å². The molecule has 0 bridgehead atoms. The fraction of sp³-hybridized carbons (Fsp3) is 0.800. The molecule has 0 aliphatic rings. The molecule has 43 heavy (non-hydrogen) atoms. The average Bonchev–Trinajstić information content (AvgIpc) is 3.02. The topological polar surface area (TPSA) is 123 Å². The molecule has 0 saturated heterocycles. The van der Waals surface area contributed by atoms with E-state index in [0.717, 1.165) is 12.1 Å². The van der Waals surface area contributed by atoms with Crippen LogP contribution in [-0.2, 0) is 49.2 Å². The molecular weight excluding hydrogens is 566 g/mol. The lowest BCUT2D eigenvalue weighted by atomic mass is 10.1. The molecule has 0 aliphatic heterocycles. The minimum Gasteiger partial charge on any atom is -0.487 e. The minimum atomic E-state index is 0.308. The summed E-state index contributed by atoms with van der Waals surface area (Å²) in [4.78, 5) is 0. The maximum atomic E-state index is 6.14. The van der Waals surface area contributed by atoms with Crippen LogP contribution in [0.4, 0.5) is 0 Å². The Balaban J connectivity index is 2.71. The second-order valence-corrected chi connectivity index (χ2v) is 8.90. The lowest BCUT2D eigenvalue weighted by Crippen LogP contribution is -2.16. The summed E-state index contributed by atoms with van der Waals surface area (Å²) in [5, 5.41) is 3.35. The molecule has 0 unspecified atom stereocenters. The number of hydrogen-bond acceptors (Lipinski definition) is 13. The normalized spacial score (nSPS) is 11.3. The Morgan fingerprint density at radius 1 is 0.442 bits per heavy atom. The Bertz CT molecular complexity index is 700. The third-order valence-corrected chi connectivity index (χ3v) is 5.52. The monoisotopic (exact) mass is 621 g/mol. The highest BCUT2D eigenvalue weighted by Gasteiger charge is 2.16. The number of benzene rings is 1. The van der Waals surface area contributed by atoms with Gasteiger partial charge < -0.3 is 62.2 Å². The predicted octanol–water partition coefficient (Wildman–Crippen LogP) is 1.97. The third kappa shape index (κ3) is 22.4. The van der Waals surface area contributed by atoms with Gasteiger partial charge in [-0.1, -0.05) is 6.92 Å². The highest BCUT2D eigenvalue weighted by atomic mass is 16.6. The first-order chi connectivity index (χ1) is 21.3. The van der Waals surface area contributed by atoms with Crippen LogP contribution in [0.15, 0.2) is 12.1 Å². The first kappa shape index (κ1) is 39.2. The van der Waals surface area contributed by atoms with Crippen molar-refractivity contribution < 1.29 is 56.8 Å². The van der Waals surface area contributed by atoms with Gasteiger partial charge in [0.2, 0.25) is 5.75 Å². The number of ether oxygens (including phenoxy) is 12. The zero-order valence-corrected chi connectivity index (χ0v) is 26.7. The van der Waals surface area contributed by atoms with Crippen LogP contribution in [0.2, 0.25) is 0 Å². The highest BCUT2D eigenvalue weighted by molar-refractivity contribution is 5.54. The van der Waals surface area contributed by atoms with Crippen molar-refractivity contribution in [2.45, 2.75) is 13.5 Å². The van der Waals surface area contributed by atoms with Gasteiger partial charge in [0.05, 0.1) is 99.1 Å². The van der Waals surface area contributed by atoms with Gasteiger partial charge in [-0.25, -0.2) is 0 Å². The number of rotatable bonds is 33. The molecule has 0 atom stereocenters. The molecule has 13 heteroatoms. The quantitative estimate of drug-likeness (QED) is 0.115. The Morgan fingerprint density at radius 3 is 1.12 bits per heavy atom. The summed E-state index contributed by atoms with van der Waals surface area (Å²) in [7, 11) is 4.92. The zero-order chi connectivity index (χ0) is 31.1. The maximum absolute atomic E-state index is 6.14. The largest absolute Gasteiger partial charge is 0.487 e. The van der Waals surface area contributed by atoms with E-state index < -0.39 is 0 Å². The fourth-order valence-corrected chi connectivity index (χ4v) is 3.38. The van der Waals surface area contributed by atoms with Crippen molar-refractivity contribution >= 4 is 0 Å². The number of nitrogens with one attached hydrogen (secondary N) is 1. The maximum Gasteiger partial charge on any atom is 0.203 e. The molecule has 1 aromatic carbocycles. The van der Waals surface area contributed by atoms with E-state index in [0.29, 0.717) is 143 Å². The van der Waals surface area contributed by atoms with Gasteiger partial charge >= 0.3 is 0 Å². The Hall–Kier alpha value is -1.78. The van der Waals surface area contributed by atoms with E-state index in [1.807, 2.05) is 12.1 Å². The summed E-state index contributed by atoms with van der Waals surface area (Å²) < 4.78 is 66.5. The SMILES string of the molecule is CCNCc1cc(OCCOCCOCCOC)c(OCCOCCOCCOC)c(OCCOCCOCCOC)c1. The summed E-state index contributed by atoms with van der Waals surface area (Å²) in [6.45, 7) is 11.8. The number of hydrogen-bond donors (Lipinski definition) is 1. The molecule has 0 aliphatic carbocycles. The van der Waals surface area contributed by atoms with Crippen molar-refractivity contribution in [3.63, 3.8) is 0 Å². The number of methoxy groups -OCH3 is 3. The van der Waals surface area contributed by atoms with Gasteiger partial charge in [0.15, 0.2) is 11.5 Å². The van der Waals surface area contributed by atoms with Crippen molar-refractivity contribution in [2.24, 2.45) is 0 Å². The van der Waals surface area contributed by atoms with Crippen molar-refractivity contribution in [3.05, 3.63) is 17.7 Å². The van der Waals surface area contributed by atoms with E-state index in [1.165, 1.54) is 0 Å². The average molecular weight is 622 g/mol. The van der Waals surface area contributed by atoms with E-state index in [-0.39, 0.29) is 0 Å². The fourth-order valence-electron chi connectivity index (χ4n) is 3.38. The Morgan fingerprint density at radius 2 is 0.767 bits per heavy atom. The first-order valence-corrected chi connectivity index (χ1v) is 15.0. The summed E-state index contributed by atoms with van der Waals surface area (Å²) in [5.41, 5.74) is 1.00. The molecule has 1 rings (SSSR count). The molecule has 0 saturated carbocycles. The molecule has 0 amide bonds. The molecule has 1 N–H and O–H groups in total. The Labute approximate surface area is 257 Å². The van der Waals surface area contributed by atoms with Crippen LogP contribution in [0.3, 0.4) is 0 Å². The van der Waals surface area contributed by atoms with Crippen LogP contribution < -0.4 is 19.5 Å². The molecule has 0 aromatic heterocycles. The minimum absolute atomic E-state index is 0.308. The van der Waals surface area contributed by atoms with Crippen LogP contribution in [0, 0.1) is 0 Å². The van der Waals surface area contributed by atoms with Crippen molar-refractivity contribution in [2.75, 3.05) is 147 Å². The second-order valence-electron chi connectivity index (χ2n) is 8.90. The zero-order valence-electron chi connectivity index (χ0n) is 26.7.